The number of halogens is 2. The van der Waals surface area contributed by atoms with E-state index in [4.69, 9.17) is 0 Å². The van der Waals surface area contributed by atoms with Crippen LogP contribution in [0.3, 0.4) is 0 Å². The highest BCUT2D eigenvalue weighted by Gasteiger charge is 2.24. The van der Waals surface area contributed by atoms with E-state index in [1.165, 1.54) is 23.1 Å². The van der Waals surface area contributed by atoms with E-state index in [2.05, 4.69) is 15.4 Å². The third-order valence-corrected chi connectivity index (χ3v) is 2.95. The Balaban J connectivity index is 2.03. The van der Waals surface area contributed by atoms with E-state index in [1.54, 1.807) is 6.07 Å². The van der Waals surface area contributed by atoms with Crippen molar-refractivity contribution in [3.8, 4) is 5.75 Å². The largest absolute Gasteiger partial charge is 0.433 e. The summed E-state index contributed by atoms with van der Waals surface area (Å²) < 4.78 is 28.8. The first-order valence-electron chi connectivity index (χ1n) is 6.43. The molecule has 1 aliphatic rings. The van der Waals surface area contributed by atoms with Gasteiger partial charge in [-0.15, -0.1) is 0 Å². The van der Waals surface area contributed by atoms with Gasteiger partial charge in [0, 0.05) is 26.2 Å². The summed E-state index contributed by atoms with van der Waals surface area (Å²) in [4.78, 5) is 25.2. The molecule has 0 bridgehead atoms. The number of rotatable bonds is 3. The molecule has 2 N–H and O–H groups in total. The highest BCUT2D eigenvalue weighted by Crippen LogP contribution is 2.25. The molecule has 114 valence electrons. The van der Waals surface area contributed by atoms with Crippen LogP contribution in [0.1, 0.15) is 0 Å². The number of para-hydroxylation sites is 2. The number of nitrogens with zero attached hydrogens (tertiary/aromatic N) is 1. The fraction of sp³-hybridized carbons (Fsp3) is 0.385. The van der Waals surface area contributed by atoms with E-state index in [1.807, 2.05) is 0 Å². The number of piperazine rings is 1. The number of nitrogens with one attached hydrogen (secondary N) is 2. The maximum Gasteiger partial charge on any atom is 0.387 e. The van der Waals surface area contributed by atoms with Crippen molar-refractivity contribution in [3.63, 3.8) is 0 Å². The van der Waals surface area contributed by atoms with Gasteiger partial charge in [0.05, 0.1) is 5.69 Å². The van der Waals surface area contributed by atoms with Gasteiger partial charge >= 0.3 is 18.4 Å². The van der Waals surface area contributed by atoms with Crippen LogP contribution in [0.15, 0.2) is 24.3 Å². The first kappa shape index (κ1) is 15.2. The Hall–Kier alpha value is -2.22. The smallest absolute Gasteiger partial charge is 0.387 e. The normalized spacial score (nSPS) is 14.9. The molecule has 1 fully saturated rings. The lowest BCUT2D eigenvalue weighted by atomic mass is 10.3. The number of amides is 2. The summed E-state index contributed by atoms with van der Waals surface area (Å²) in [5.74, 6) is -1.75. The number of benzene rings is 1. The van der Waals surface area contributed by atoms with Crippen molar-refractivity contribution in [3.05, 3.63) is 24.3 Å². The van der Waals surface area contributed by atoms with Gasteiger partial charge in [0.1, 0.15) is 5.75 Å². The lowest BCUT2D eigenvalue weighted by molar-refractivity contribution is -0.143. The van der Waals surface area contributed by atoms with Gasteiger partial charge in [-0.25, -0.2) is 0 Å². The average molecular weight is 299 g/mol. The van der Waals surface area contributed by atoms with E-state index in [9.17, 15) is 18.4 Å². The average Bonchev–Trinajstić information content (AvgIpc) is 2.49. The Kier molecular flexibility index (Phi) is 5.04. The number of hydrogen-bond acceptors (Lipinski definition) is 4. The van der Waals surface area contributed by atoms with E-state index >= 15 is 0 Å². The summed E-state index contributed by atoms with van der Waals surface area (Å²) in [7, 11) is 0. The molecular weight excluding hydrogens is 284 g/mol. The molecule has 0 aromatic heterocycles. The Labute approximate surface area is 120 Å². The molecule has 21 heavy (non-hydrogen) atoms. The summed E-state index contributed by atoms with van der Waals surface area (Å²) in [5.41, 5.74) is 0.0336. The molecule has 0 saturated carbocycles. The Bertz CT molecular complexity index is 519. The lowest BCUT2D eigenvalue weighted by Crippen LogP contribution is -2.49. The molecule has 6 nitrogen and oxygen atoms in total. The summed E-state index contributed by atoms with van der Waals surface area (Å²) in [6.45, 7) is -0.913. The van der Waals surface area contributed by atoms with Crippen LogP contribution in [0.2, 0.25) is 0 Å². The van der Waals surface area contributed by atoms with Crippen LogP contribution in [0, 0.1) is 0 Å². The maximum atomic E-state index is 12.3. The van der Waals surface area contributed by atoms with Gasteiger partial charge in [0.15, 0.2) is 0 Å². The number of carbonyl (C=O) groups excluding carboxylic acids is 2. The third-order valence-electron chi connectivity index (χ3n) is 2.95. The van der Waals surface area contributed by atoms with Crippen LogP contribution in [0.5, 0.6) is 5.75 Å². The van der Waals surface area contributed by atoms with E-state index < -0.39 is 18.4 Å². The van der Waals surface area contributed by atoms with Crippen LogP contribution in [-0.4, -0.2) is 49.5 Å². The van der Waals surface area contributed by atoms with Gasteiger partial charge in [-0.3, -0.25) is 9.59 Å². The van der Waals surface area contributed by atoms with Crippen LogP contribution < -0.4 is 15.4 Å². The second kappa shape index (κ2) is 6.98. The van der Waals surface area contributed by atoms with E-state index in [0.717, 1.165) is 0 Å². The third kappa shape index (κ3) is 4.12. The molecule has 1 aromatic carbocycles. The topological polar surface area (TPSA) is 70.7 Å². The van der Waals surface area contributed by atoms with Gasteiger partial charge in [-0.1, -0.05) is 12.1 Å². The Morgan fingerprint density at radius 3 is 2.57 bits per heavy atom. The van der Waals surface area contributed by atoms with Crippen LogP contribution in [-0.2, 0) is 9.59 Å². The molecule has 0 spiro atoms. The van der Waals surface area contributed by atoms with Gasteiger partial charge in [0.2, 0.25) is 0 Å². The van der Waals surface area contributed by atoms with E-state index in [0.29, 0.717) is 26.2 Å². The fourth-order valence-electron chi connectivity index (χ4n) is 1.96. The minimum absolute atomic E-state index is 0.0336. The number of anilines is 1. The minimum atomic E-state index is -3.01. The molecule has 0 unspecified atom stereocenters. The van der Waals surface area contributed by atoms with Crippen LogP contribution >= 0.6 is 0 Å². The van der Waals surface area contributed by atoms with Crippen molar-refractivity contribution >= 4 is 17.5 Å². The van der Waals surface area contributed by atoms with Crippen molar-refractivity contribution in [2.24, 2.45) is 0 Å². The molecule has 8 heteroatoms. The van der Waals surface area contributed by atoms with Crippen molar-refractivity contribution in [1.82, 2.24) is 10.2 Å². The SMILES string of the molecule is O=C(Nc1ccccc1OC(F)F)C(=O)N1CCNCC1. The molecule has 1 aliphatic heterocycles. The first-order valence-corrected chi connectivity index (χ1v) is 6.43. The number of alkyl halides is 2. The van der Waals surface area contributed by atoms with Crippen molar-refractivity contribution in [2.45, 2.75) is 6.61 Å². The summed E-state index contributed by atoms with van der Waals surface area (Å²) in [6, 6.07) is 5.71. The zero-order chi connectivity index (χ0) is 15.2. The predicted octanol–water partition coefficient (Wildman–Crippen LogP) is 0.658. The summed E-state index contributed by atoms with van der Waals surface area (Å²) in [5, 5.41) is 5.36. The van der Waals surface area contributed by atoms with E-state index in [-0.39, 0.29) is 11.4 Å². The quantitative estimate of drug-likeness (QED) is 0.804. The van der Waals surface area contributed by atoms with Gasteiger partial charge in [-0.05, 0) is 12.1 Å². The molecule has 2 amide bonds. The highest BCUT2D eigenvalue weighted by molar-refractivity contribution is 6.39. The highest BCUT2D eigenvalue weighted by atomic mass is 19.3. The minimum Gasteiger partial charge on any atom is -0.433 e. The first-order chi connectivity index (χ1) is 10.1. The molecule has 0 atom stereocenters. The Morgan fingerprint density at radius 1 is 1.24 bits per heavy atom. The van der Waals surface area contributed by atoms with Crippen LogP contribution in [0.25, 0.3) is 0 Å². The molecule has 0 aliphatic carbocycles. The molecule has 1 aromatic rings. The molecule has 1 heterocycles. The monoisotopic (exact) mass is 299 g/mol. The standard InChI is InChI=1S/C13H15F2N3O3/c14-13(15)21-10-4-2-1-3-9(10)17-11(19)12(20)18-7-5-16-6-8-18/h1-4,13,16H,5-8H2,(H,17,19). The number of hydrogen-bond donors (Lipinski definition) is 2. The number of carbonyl (C=O) groups is 2. The molecular formula is C13H15F2N3O3. The van der Waals surface area contributed by atoms with Crippen LogP contribution in [0.4, 0.5) is 14.5 Å². The van der Waals surface area contributed by atoms with Crippen molar-refractivity contribution in [1.29, 1.82) is 0 Å². The van der Waals surface area contributed by atoms with Gasteiger partial charge in [-0.2, -0.15) is 8.78 Å². The fourth-order valence-corrected chi connectivity index (χ4v) is 1.96. The second-order valence-corrected chi connectivity index (χ2v) is 4.37. The zero-order valence-corrected chi connectivity index (χ0v) is 11.1. The van der Waals surface area contributed by atoms with Gasteiger partial charge in [0.25, 0.3) is 0 Å². The molecule has 1 saturated heterocycles. The Morgan fingerprint density at radius 2 is 1.90 bits per heavy atom. The summed E-state index contributed by atoms with van der Waals surface area (Å²) >= 11 is 0. The number of ether oxygens (including phenoxy) is 1. The summed E-state index contributed by atoms with van der Waals surface area (Å²) in [6.07, 6.45) is 0. The lowest BCUT2D eigenvalue weighted by Gasteiger charge is -2.26. The maximum absolute atomic E-state index is 12.3. The zero-order valence-electron chi connectivity index (χ0n) is 11.1. The van der Waals surface area contributed by atoms with Crippen molar-refractivity contribution in [2.75, 3.05) is 31.5 Å². The molecule has 2 rings (SSSR count). The predicted molar refractivity (Wildman–Crippen MR) is 71.2 cm³/mol. The van der Waals surface area contributed by atoms with Gasteiger partial charge < -0.3 is 20.3 Å². The molecule has 0 radical (unpaired) electrons. The van der Waals surface area contributed by atoms with Crippen molar-refractivity contribution < 1.29 is 23.1 Å². The second-order valence-electron chi connectivity index (χ2n) is 4.37.